The molecule has 1 atom stereocenters. The summed E-state index contributed by atoms with van der Waals surface area (Å²) in [5.74, 6) is -0.349. The van der Waals surface area contributed by atoms with Crippen molar-refractivity contribution in [3.63, 3.8) is 0 Å². The molecule has 0 saturated heterocycles. The molecule has 1 aromatic rings. The van der Waals surface area contributed by atoms with Gasteiger partial charge in [0.1, 0.15) is 5.75 Å². The number of rotatable bonds is 5. The molecule has 1 unspecified atom stereocenters. The number of hydrogen-bond donors (Lipinski definition) is 0. The molecule has 0 fully saturated rings. The molecular weight excluding hydrogens is 223 g/mol. The minimum absolute atomic E-state index is 0.134. The Kier molecular flexibility index (Phi) is 4.94. The first-order chi connectivity index (χ1) is 8.04. The van der Waals surface area contributed by atoms with Crippen molar-refractivity contribution in [3.05, 3.63) is 29.8 Å². The Morgan fingerprint density at radius 2 is 2.12 bits per heavy atom. The molecule has 0 aliphatic heterocycles. The van der Waals surface area contributed by atoms with Crippen LogP contribution in [0.25, 0.3) is 0 Å². The average Bonchev–Trinajstić information content (AvgIpc) is 2.29. The molecule has 0 aliphatic carbocycles. The van der Waals surface area contributed by atoms with Crippen LogP contribution in [0.3, 0.4) is 0 Å². The third kappa shape index (κ3) is 4.06. The molecule has 0 spiro atoms. The van der Waals surface area contributed by atoms with E-state index in [9.17, 15) is 9.18 Å². The van der Waals surface area contributed by atoms with Gasteiger partial charge in [-0.3, -0.25) is 0 Å². The molecule has 0 amide bonds. The van der Waals surface area contributed by atoms with E-state index in [0.29, 0.717) is 11.7 Å². The highest BCUT2D eigenvalue weighted by Gasteiger charge is 2.20. The average molecular weight is 240 g/mol. The fourth-order valence-corrected chi connectivity index (χ4v) is 1.32. The maximum absolute atomic E-state index is 13.3. The molecule has 1 aromatic carbocycles. The number of hydrogen-bond acceptors (Lipinski definition) is 3. The number of carbonyl (C=O) groups is 1. The van der Waals surface area contributed by atoms with Crippen LogP contribution in [-0.2, 0) is 9.53 Å². The van der Waals surface area contributed by atoms with E-state index < -0.39 is 12.3 Å². The number of esters is 1. The van der Waals surface area contributed by atoms with Crippen LogP contribution in [0.2, 0.25) is 0 Å². The SMILES string of the molecule is CCOC(=O)C(F)Oc1cccc(C(C)C)c1. The van der Waals surface area contributed by atoms with Gasteiger partial charge < -0.3 is 9.47 Å². The summed E-state index contributed by atoms with van der Waals surface area (Å²) in [4.78, 5) is 11.0. The number of ether oxygens (including phenoxy) is 2. The number of carbonyl (C=O) groups excluding carboxylic acids is 1. The molecule has 0 bridgehead atoms. The van der Waals surface area contributed by atoms with Gasteiger partial charge in [0.15, 0.2) is 0 Å². The zero-order valence-corrected chi connectivity index (χ0v) is 10.3. The summed E-state index contributed by atoms with van der Waals surface area (Å²) < 4.78 is 22.7. The van der Waals surface area contributed by atoms with Crippen LogP contribution in [0.1, 0.15) is 32.3 Å². The van der Waals surface area contributed by atoms with Gasteiger partial charge in [0.25, 0.3) is 0 Å². The van der Waals surface area contributed by atoms with E-state index in [0.717, 1.165) is 5.56 Å². The summed E-state index contributed by atoms with van der Waals surface area (Å²) in [7, 11) is 0. The van der Waals surface area contributed by atoms with E-state index in [1.165, 1.54) is 0 Å². The van der Waals surface area contributed by atoms with Gasteiger partial charge in [-0.25, -0.2) is 4.79 Å². The molecule has 0 aromatic heterocycles. The van der Waals surface area contributed by atoms with Crippen molar-refractivity contribution in [1.29, 1.82) is 0 Å². The topological polar surface area (TPSA) is 35.5 Å². The van der Waals surface area contributed by atoms with Crippen LogP contribution in [-0.4, -0.2) is 18.9 Å². The van der Waals surface area contributed by atoms with Gasteiger partial charge in [-0.05, 0) is 30.5 Å². The van der Waals surface area contributed by atoms with Gasteiger partial charge in [-0.15, -0.1) is 0 Å². The van der Waals surface area contributed by atoms with Crippen molar-refractivity contribution in [2.24, 2.45) is 0 Å². The minimum atomic E-state index is -2.07. The monoisotopic (exact) mass is 240 g/mol. The predicted octanol–water partition coefficient (Wildman–Crippen LogP) is 3.05. The second-order valence-electron chi connectivity index (χ2n) is 3.91. The lowest BCUT2D eigenvalue weighted by molar-refractivity contribution is -0.159. The quantitative estimate of drug-likeness (QED) is 0.742. The summed E-state index contributed by atoms with van der Waals surface area (Å²) >= 11 is 0. The molecule has 4 heteroatoms. The molecule has 0 N–H and O–H groups in total. The Bertz CT molecular complexity index is 377. The Morgan fingerprint density at radius 3 is 2.71 bits per heavy atom. The third-order valence-electron chi connectivity index (χ3n) is 2.24. The Labute approximate surface area is 101 Å². The van der Waals surface area contributed by atoms with Crippen molar-refractivity contribution in [1.82, 2.24) is 0 Å². The van der Waals surface area contributed by atoms with Crippen LogP contribution in [0.15, 0.2) is 24.3 Å². The van der Waals surface area contributed by atoms with E-state index >= 15 is 0 Å². The standard InChI is InChI=1S/C13H17FO3/c1-4-16-13(15)12(14)17-11-7-5-6-10(8-11)9(2)3/h5-9,12H,4H2,1-3H3. The third-order valence-corrected chi connectivity index (χ3v) is 2.24. The second-order valence-corrected chi connectivity index (χ2v) is 3.91. The predicted molar refractivity (Wildman–Crippen MR) is 62.7 cm³/mol. The lowest BCUT2D eigenvalue weighted by Gasteiger charge is -2.12. The van der Waals surface area contributed by atoms with Crippen LogP contribution >= 0.6 is 0 Å². The van der Waals surface area contributed by atoms with Crippen LogP contribution in [0.4, 0.5) is 4.39 Å². The smallest absolute Gasteiger partial charge is 0.381 e. The molecular formula is C13H17FO3. The van der Waals surface area contributed by atoms with Crippen LogP contribution in [0.5, 0.6) is 5.75 Å². The zero-order chi connectivity index (χ0) is 12.8. The maximum Gasteiger partial charge on any atom is 0.381 e. The van der Waals surface area contributed by atoms with E-state index in [1.54, 1.807) is 25.1 Å². The van der Waals surface area contributed by atoms with Crippen molar-refractivity contribution in [3.8, 4) is 5.75 Å². The fourth-order valence-electron chi connectivity index (χ4n) is 1.32. The lowest BCUT2D eigenvalue weighted by atomic mass is 10.0. The molecule has 17 heavy (non-hydrogen) atoms. The maximum atomic E-state index is 13.3. The number of halogens is 1. The summed E-state index contributed by atoms with van der Waals surface area (Å²) in [5, 5.41) is 0. The Morgan fingerprint density at radius 1 is 1.41 bits per heavy atom. The first-order valence-corrected chi connectivity index (χ1v) is 5.62. The molecule has 0 radical (unpaired) electrons. The van der Waals surface area contributed by atoms with Gasteiger partial charge in [0.2, 0.25) is 0 Å². The fraction of sp³-hybridized carbons (Fsp3) is 0.462. The van der Waals surface area contributed by atoms with Gasteiger partial charge >= 0.3 is 12.3 Å². The first kappa shape index (κ1) is 13.5. The summed E-state index contributed by atoms with van der Waals surface area (Å²) in [6, 6.07) is 7.02. The highest BCUT2D eigenvalue weighted by molar-refractivity contribution is 5.73. The van der Waals surface area contributed by atoms with E-state index in [1.807, 2.05) is 19.9 Å². The normalized spacial score (nSPS) is 12.3. The van der Waals surface area contributed by atoms with Crippen LogP contribution < -0.4 is 4.74 Å². The van der Waals surface area contributed by atoms with Crippen molar-refractivity contribution < 1.29 is 18.7 Å². The van der Waals surface area contributed by atoms with E-state index in [4.69, 9.17) is 4.74 Å². The molecule has 1 rings (SSSR count). The Balaban J connectivity index is 2.68. The second kappa shape index (κ2) is 6.23. The molecule has 0 aliphatic rings. The van der Waals surface area contributed by atoms with Crippen molar-refractivity contribution in [2.45, 2.75) is 33.0 Å². The number of alkyl halides is 1. The molecule has 0 saturated carbocycles. The summed E-state index contributed by atoms with van der Waals surface area (Å²) in [6.07, 6.45) is -2.07. The minimum Gasteiger partial charge on any atom is -0.461 e. The first-order valence-electron chi connectivity index (χ1n) is 5.62. The van der Waals surface area contributed by atoms with Gasteiger partial charge in [0.05, 0.1) is 6.61 Å². The zero-order valence-electron chi connectivity index (χ0n) is 10.3. The summed E-state index contributed by atoms with van der Waals surface area (Å²) in [6.45, 7) is 5.80. The van der Waals surface area contributed by atoms with Gasteiger partial charge in [0, 0.05) is 0 Å². The van der Waals surface area contributed by atoms with Crippen molar-refractivity contribution in [2.75, 3.05) is 6.61 Å². The van der Waals surface area contributed by atoms with E-state index in [2.05, 4.69) is 4.74 Å². The highest BCUT2D eigenvalue weighted by atomic mass is 19.1. The largest absolute Gasteiger partial charge is 0.461 e. The van der Waals surface area contributed by atoms with Crippen molar-refractivity contribution >= 4 is 5.97 Å². The summed E-state index contributed by atoms with van der Waals surface area (Å²) in [5.41, 5.74) is 1.03. The van der Waals surface area contributed by atoms with Gasteiger partial charge in [-0.1, -0.05) is 26.0 Å². The van der Waals surface area contributed by atoms with Crippen LogP contribution in [0, 0.1) is 0 Å². The van der Waals surface area contributed by atoms with Gasteiger partial charge in [-0.2, -0.15) is 4.39 Å². The van der Waals surface area contributed by atoms with E-state index in [-0.39, 0.29) is 6.61 Å². The highest BCUT2D eigenvalue weighted by Crippen LogP contribution is 2.21. The molecule has 0 heterocycles. The lowest BCUT2D eigenvalue weighted by Crippen LogP contribution is -2.24. The molecule has 94 valence electrons. The Hall–Kier alpha value is -1.58. The molecule has 3 nitrogen and oxygen atoms in total. The number of benzene rings is 1.